The molecular formula is C24H39N3O5S. The molecule has 0 aliphatic carbocycles. The summed E-state index contributed by atoms with van der Waals surface area (Å²) in [6.45, 7) is 12.7. The largest absolute Gasteiger partial charge is 0.508 e. The first-order valence-corrected chi connectivity index (χ1v) is 12.5. The van der Waals surface area contributed by atoms with E-state index in [2.05, 4.69) is 10.6 Å². The number of amides is 3. The van der Waals surface area contributed by atoms with Crippen LogP contribution in [0.5, 0.6) is 5.75 Å². The van der Waals surface area contributed by atoms with Crippen LogP contribution < -0.4 is 10.6 Å². The molecule has 0 saturated carbocycles. The molecule has 9 heteroatoms. The zero-order valence-electron chi connectivity index (χ0n) is 21.0. The summed E-state index contributed by atoms with van der Waals surface area (Å²) >= 11 is 1.55. The van der Waals surface area contributed by atoms with Crippen LogP contribution in [0.15, 0.2) is 24.3 Å². The van der Waals surface area contributed by atoms with Crippen molar-refractivity contribution >= 4 is 29.7 Å². The molecule has 3 N–H and O–H groups in total. The van der Waals surface area contributed by atoms with E-state index in [4.69, 9.17) is 4.74 Å². The number of ether oxygens (including phenoxy) is 1. The van der Waals surface area contributed by atoms with Gasteiger partial charge >= 0.3 is 6.09 Å². The fraction of sp³-hybridized carbons (Fsp3) is 0.625. The summed E-state index contributed by atoms with van der Waals surface area (Å²) in [6.07, 6.45) is 1.58. The lowest BCUT2D eigenvalue weighted by Gasteiger charge is -2.35. The number of carbonyl (C=O) groups is 3. The molecule has 1 aromatic rings. The second kappa shape index (κ2) is 12.2. The van der Waals surface area contributed by atoms with E-state index in [-0.39, 0.29) is 12.3 Å². The van der Waals surface area contributed by atoms with Crippen LogP contribution in [0.25, 0.3) is 0 Å². The molecule has 2 unspecified atom stereocenters. The minimum atomic E-state index is -1.07. The van der Waals surface area contributed by atoms with Gasteiger partial charge in [-0.05, 0) is 73.0 Å². The van der Waals surface area contributed by atoms with Crippen molar-refractivity contribution in [1.82, 2.24) is 15.5 Å². The molecule has 0 heterocycles. The summed E-state index contributed by atoms with van der Waals surface area (Å²) in [5, 5.41) is 16.1. The average molecular weight is 482 g/mol. The Bertz CT molecular complexity index is 817. The molecule has 1 aromatic carbocycles. The molecular weight excluding hydrogens is 442 g/mol. The highest BCUT2D eigenvalue weighted by Crippen LogP contribution is 2.30. The summed E-state index contributed by atoms with van der Waals surface area (Å²) < 4.78 is 5.34. The molecule has 0 fully saturated rings. The summed E-state index contributed by atoms with van der Waals surface area (Å²) in [5.41, 5.74) is -0.947. The molecule has 0 aliphatic rings. The van der Waals surface area contributed by atoms with Crippen molar-refractivity contribution in [2.45, 2.75) is 78.1 Å². The standard InChI is InChI=1S/C24H39N3O5S/c1-9-27(21(30)17(14-15-33-8)25-22(31)32-24(5,6)7)19(20(29)26-23(2,3)4)16-12-10-11-13-18(16)28/h10-13,17,19,28H,9,14-15H2,1-8H3,(H,25,31)(H,26,29). The minimum absolute atomic E-state index is 0.0847. The van der Waals surface area contributed by atoms with Crippen LogP contribution in [-0.2, 0) is 14.3 Å². The Labute approximate surface area is 201 Å². The number of aromatic hydroxyl groups is 1. The maximum Gasteiger partial charge on any atom is 0.408 e. The maximum atomic E-state index is 13.7. The van der Waals surface area contributed by atoms with Gasteiger partial charge in [-0.2, -0.15) is 11.8 Å². The lowest BCUT2D eigenvalue weighted by molar-refractivity contribution is -0.143. The summed E-state index contributed by atoms with van der Waals surface area (Å²) in [7, 11) is 0. The van der Waals surface area contributed by atoms with Crippen LogP contribution in [0.1, 0.15) is 66.5 Å². The first-order chi connectivity index (χ1) is 15.2. The van der Waals surface area contributed by atoms with Gasteiger partial charge in [-0.15, -0.1) is 0 Å². The topological polar surface area (TPSA) is 108 Å². The molecule has 0 spiro atoms. The van der Waals surface area contributed by atoms with Gasteiger partial charge < -0.3 is 25.4 Å². The highest BCUT2D eigenvalue weighted by atomic mass is 32.2. The Hall–Kier alpha value is -2.42. The Morgan fingerprint density at radius 1 is 1.12 bits per heavy atom. The lowest BCUT2D eigenvalue weighted by Crippen LogP contribution is -2.54. The Kier molecular flexibility index (Phi) is 10.5. The van der Waals surface area contributed by atoms with Crippen LogP contribution >= 0.6 is 11.8 Å². The Morgan fingerprint density at radius 3 is 2.21 bits per heavy atom. The van der Waals surface area contributed by atoms with Crippen molar-refractivity contribution in [3.63, 3.8) is 0 Å². The second-order valence-corrected chi connectivity index (χ2v) is 10.8. The highest BCUT2D eigenvalue weighted by molar-refractivity contribution is 7.98. The SMILES string of the molecule is CCN(C(=O)C(CCSC)NC(=O)OC(C)(C)C)C(C(=O)NC(C)(C)C)c1ccccc1O. The fourth-order valence-corrected chi connectivity index (χ4v) is 3.69. The van der Waals surface area contributed by atoms with Crippen molar-refractivity contribution < 1.29 is 24.2 Å². The van der Waals surface area contributed by atoms with E-state index in [1.807, 2.05) is 27.0 Å². The summed E-state index contributed by atoms with van der Waals surface area (Å²) in [4.78, 5) is 40.8. The van der Waals surface area contributed by atoms with E-state index in [0.29, 0.717) is 17.7 Å². The molecule has 2 atom stereocenters. The fourth-order valence-electron chi connectivity index (χ4n) is 3.22. The van der Waals surface area contributed by atoms with Gasteiger partial charge in [-0.25, -0.2) is 4.79 Å². The molecule has 33 heavy (non-hydrogen) atoms. The van der Waals surface area contributed by atoms with Gasteiger partial charge in [0, 0.05) is 17.6 Å². The lowest BCUT2D eigenvalue weighted by atomic mass is 9.99. The number of alkyl carbamates (subject to hydrolysis) is 1. The zero-order valence-corrected chi connectivity index (χ0v) is 21.8. The van der Waals surface area contributed by atoms with E-state index in [1.54, 1.807) is 57.7 Å². The first kappa shape index (κ1) is 28.6. The van der Waals surface area contributed by atoms with Crippen molar-refractivity contribution in [1.29, 1.82) is 0 Å². The molecule has 3 amide bonds. The number of phenolic OH excluding ortho intramolecular Hbond substituents is 1. The van der Waals surface area contributed by atoms with E-state index >= 15 is 0 Å². The molecule has 1 rings (SSSR count). The van der Waals surface area contributed by atoms with Crippen molar-refractivity contribution in [2.75, 3.05) is 18.6 Å². The summed E-state index contributed by atoms with van der Waals surface area (Å²) in [5.74, 6) is -0.299. The van der Waals surface area contributed by atoms with E-state index in [9.17, 15) is 19.5 Å². The Balaban J connectivity index is 3.37. The maximum absolute atomic E-state index is 13.7. The normalized spacial score (nSPS) is 13.6. The quantitative estimate of drug-likeness (QED) is 0.495. The number of hydrogen-bond donors (Lipinski definition) is 3. The van der Waals surface area contributed by atoms with Crippen LogP contribution in [-0.4, -0.2) is 63.6 Å². The molecule has 186 valence electrons. The van der Waals surface area contributed by atoms with Crippen molar-refractivity contribution in [3.05, 3.63) is 29.8 Å². The van der Waals surface area contributed by atoms with Gasteiger partial charge in [0.05, 0.1) is 0 Å². The van der Waals surface area contributed by atoms with Crippen molar-refractivity contribution in [2.24, 2.45) is 0 Å². The number of carbonyl (C=O) groups excluding carboxylic acids is 3. The third-order valence-corrected chi connectivity index (χ3v) is 5.16. The van der Waals surface area contributed by atoms with Crippen LogP contribution in [0.2, 0.25) is 0 Å². The number of nitrogens with one attached hydrogen (secondary N) is 2. The molecule has 0 aliphatic heterocycles. The average Bonchev–Trinajstić information content (AvgIpc) is 2.66. The highest BCUT2D eigenvalue weighted by Gasteiger charge is 2.37. The first-order valence-electron chi connectivity index (χ1n) is 11.1. The molecule has 8 nitrogen and oxygen atoms in total. The van der Waals surface area contributed by atoms with E-state index < -0.39 is 41.1 Å². The number of benzene rings is 1. The third kappa shape index (κ3) is 9.53. The number of rotatable bonds is 9. The number of phenols is 1. The predicted octanol–water partition coefficient (Wildman–Crippen LogP) is 3.84. The number of likely N-dealkylation sites (N-methyl/N-ethyl adjacent to an activating group) is 1. The van der Waals surface area contributed by atoms with Crippen molar-refractivity contribution in [3.8, 4) is 5.75 Å². The molecule has 0 radical (unpaired) electrons. The van der Waals surface area contributed by atoms with Crippen LogP contribution in [0.3, 0.4) is 0 Å². The second-order valence-electron chi connectivity index (χ2n) is 9.81. The molecule has 0 bridgehead atoms. The number of hydrogen-bond acceptors (Lipinski definition) is 6. The van der Waals surface area contributed by atoms with Gasteiger partial charge in [-0.1, -0.05) is 18.2 Å². The summed E-state index contributed by atoms with van der Waals surface area (Å²) in [6, 6.07) is 4.50. The number of para-hydroxylation sites is 1. The minimum Gasteiger partial charge on any atom is -0.508 e. The van der Waals surface area contributed by atoms with Gasteiger partial charge in [0.25, 0.3) is 0 Å². The van der Waals surface area contributed by atoms with Crippen LogP contribution in [0.4, 0.5) is 4.79 Å². The molecule has 0 aromatic heterocycles. The zero-order chi connectivity index (χ0) is 25.4. The predicted molar refractivity (Wildman–Crippen MR) is 132 cm³/mol. The van der Waals surface area contributed by atoms with E-state index in [0.717, 1.165) is 0 Å². The van der Waals surface area contributed by atoms with Gasteiger partial charge in [0.2, 0.25) is 11.8 Å². The third-order valence-electron chi connectivity index (χ3n) is 4.51. The molecule has 0 saturated heterocycles. The van der Waals surface area contributed by atoms with Gasteiger partial charge in [0.1, 0.15) is 23.4 Å². The van der Waals surface area contributed by atoms with Crippen LogP contribution in [0, 0.1) is 0 Å². The number of nitrogens with zero attached hydrogens (tertiary/aromatic N) is 1. The Morgan fingerprint density at radius 2 is 1.73 bits per heavy atom. The smallest absolute Gasteiger partial charge is 0.408 e. The van der Waals surface area contributed by atoms with Gasteiger partial charge in [0.15, 0.2) is 0 Å². The van der Waals surface area contributed by atoms with E-state index in [1.165, 1.54) is 11.0 Å². The number of thioether (sulfide) groups is 1. The monoisotopic (exact) mass is 481 g/mol. The van der Waals surface area contributed by atoms with Gasteiger partial charge in [-0.3, -0.25) is 9.59 Å².